The third-order valence-electron chi connectivity index (χ3n) is 3.03. The molecule has 17 heavy (non-hydrogen) atoms. The third-order valence-corrected chi connectivity index (χ3v) is 3.59. The van der Waals surface area contributed by atoms with Crippen LogP contribution in [0.2, 0.25) is 0 Å². The molecule has 0 N–H and O–H groups in total. The van der Waals surface area contributed by atoms with E-state index in [1.807, 2.05) is 12.4 Å². The van der Waals surface area contributed by atoms with Gasteiger partial charge in [0.1, 0.15) is 0 Å². The third kappa shape index (κ3) is 1.90. The highest BCUT2D eigenvalue weighted by atomic mass is 127. The maximum atomic E-state index is 4.42. The van der Waals surface area contributed by atoms with Gasteiger partial charge in [0.25, 0.3) is 0 Å². The molecular weight excluding hydrogens is 325 g/mol. The molecule has 1 aliphatic rings. The van der Waals surface area contributed by atoms with E-state index < -0.39 is 0 Å². The van der Waals surface area contributed by atoms with E-state index in [4.69, 9.17) is 0 Å². The summed E-state index contributed by atoms with van der Waals surface area (Å²) in [5, 5.41) is 0. The molecule has 1 unspecified atom stereocenters. The van der Waals surface area contributed by atoms with E-state index in [1.165, 1.54) is 11.3 Å². The molecule has 4 heteroatoms. The Morgan fingerprint density at radius 1 is 1.24 bits per heavy atom. The molecule has 1 aromatic carbocycles. The van der Waals surface area contributed by atoms with E-state index in [2.05, 4.69) is 68.6 Å². The molecular formula is C13H12IN3. The van der Waals surface area contributed by atoms with Gasteiger partial charge in [0, 0.05) is 27.7 Å². The molecule has 0 fully saturated rings. The van der Waals surface area contributed by atoms with Gasteiger partial charge in [-0.05, 0) is 47.6 Å². The number of hydrogen-bond donors (Lipinski definition) is 0. The molecule has 1 aliphatic heterocycles. The van der Waals surface area contributed by atoms with Crippen molar-refractivity contribution in [3.63, 3.8) is 0 Å². The Kier molecular flexibility index (Phi) is 2.74. The van der Waals surface area contributed by atoms with E-state index in [-0.39, 0.29) is 0 Å². The number of nitrogens with zero attached hydrogens (tertiary/aromatic N) is 3. The predicted octanol–water partition coefficient (Wildman–Crippen LogP) is 3.16. The summed E-state index contributed by atoms with van der Waals surface area (Å²) < 4.78 is 1.06. The lowest BCUT2D eigenvalue weighted by atomic mass is 10.1. The van der Waals surface area contributed by atoms with E-state index >= 15 is 0 Å². The van der Waals surface area contributed by atoms with Crippen LogP contribution in [0.15, 0.2) is 36.7 Å². The Hall–Kier alpha value is -1.17. The Labute approximate surface area is 114 Å². The van der Waals surface area contributed by atoms with E-state index in [9.17, 15) is 0 Å². The summed E-state index contributed by atoms with van der Waals surface area (Å²) in [5.41, 5.74) is 2.61. The zero-order valence-electron chi connectivity index (χ0n) is 9.47. The van der Waals surface area contributed by atoms with Crippen LogP contribution in [0.1, 0.15) is 12.5 Å². The van der Waals surface area contributed by atoms with Crippen molar-refractivity contribution in [1.29, 1.82) is 0 Å². The molecule has 2 aromatic rings. The molecule has 0 aliphatic carbocycles. The highest BCUT2D eigenvalue weighted by Gasteiger charge is 2.28. The standard InChI is InChI=1S/C13H12IN3/c1-9-6-10-4-2-3-5-12(10)17(9)13-15-7-11(14)8-16-13/h2-5,7-9H,6H2,1H3. The summed E-state index contributed by atoms with van der Waals surface area (Å²) in [6, 6.07) is 8.89. The van der Waals surface area contributed by atoms with Crippen molar-refractivity contribution >= 4 is 34.2 Å². The summed E-state index contributed by atoms with van der Waals surface area (Å²) in [7, 11) is 0. The minimum atomic E-state index is 0.424. The molecule has 0 spiro atoms. The number of fused-ring (bicyclic) bond motifs is 1. The summed E-state index contributed by atoms with van der Waals surface area (Å²) in [6.45, 7) is 2.21. The van der Waals surface area contributed by atoms with Gasteiger partial charge >= 0.3 is 0 Å². The van der Waals surface area contributed by atoms with Crippen LogP contribution in [0.25, 0.3) is 0 Å². The van der Waals surface area contributed by atoms with E-state index in [1.54, 1.807) is 0 Å². The molecule has 1 aromatic heterocycles. The Balaban J connectivity index is 2.06. The van der Waals surface area contributed by atoms with E-state index in [0.717, 1.165) is 15.9 Å². The average molecular weight is 337 g/mol. The molecule has 0 amide bonds. The number of hydrogen-bond acceptors (Lipinski definition) is 3. The smallest absolute Gasteiger partial charge is 0.230 e. The monoisotopic (exact) mass is 337 g/mol. The van der Waals surface area contributed by atoms with Crippen molar-refractivity contribution < 1.29 is 0 Å². The van der Waals surface area contributed by atoms with Crippen molar-refractivity contribution in [2.45, 2.75) is 19.4 Å². The van der Waals surface area contributed by atoms with Crippen LogP contribution < -0.4 is 4.90 Å². The minimum Gasteiger partial charge on any atom is -0.307 e. The zero-order valence-corrected chi connectivity index (χ0v) is 11.6. The van der Waals surface area contributed by atoms with Crippen molar-refractivity contribution in [3.05, 3.63) is 45.8 Å². The zero-order chi connectivity index (χ0) is 11.8. The lowest BCUT2D eigenvalue weighted by Gasteiger charge is -2.22. The van der Waals surface area contributed by atoms with Crippen LogP contribution in [0.3, 0.4) is 0 Å². The SMILES string of the molecule is CC1Cc2ccccc2N1c1ncc(I)cn1. The maximum absolute atomic E-state index is 4.42. The maximum Gasteiger partial charge on any atom is 0.230 e. The Morgan fingerprint density at radius 3 is 2.71 bits per heavy atom. The second kappa shape index (κ2) is 4.25. The second-order valence-electron chi connectivity index (χ2n) is 4.25. The molecule has 2 heterocycles. The lowest BCUT2D eigenvalue weighted by Crippen LogP contribution is -2.25. The Bertz CT molecular complexity index is 539. The quantitative estimate of drug-likeness (QED) is 0.749. The normalized spacial score (nSPS) is 18.2. The summed E-state index contributed by atoms with van der Waals surface area (Å²) >= 11 is 2.22. The minimum absolute atomic E-state index is 0.424. The van der Waals surface area contributed by atoms with Crippen molar-refractivity contribution in [2.75, 3.05) is 4.90 Å². The summed E-state index contributed by atoms with van der Waals surface area (Å²) in [4.78, 5) is 11.0. The Morgan fingerprint density at radius 2 is 1.94 bits per heavy atom. The molecule has 0 bridgehead atoms. The summed E-state index contributed by atoms with van der Waals surface area (Å²) in [6.07, 6.45) is 4.78. The van der Waals surface area contributed by atoms with Gasteiger partial charge in [-0.3, -0.25) is 0 Å². The fraction of sp³-hybridized carbons (Fsp3) is 0.231. The number of rotatable bonds is 1. The van der Waals surface area contributed by atoms with Crippen LogP contribution >= 0.6 is 22.6 Å². The first kappa shape index (κ1) is 11.0. The fourth-order valence-corrected chi connectivity index (χ4v) is 2.58. The van der Waals surface area contributed by atoms with Gasteiger partial charge in [-0.2, -0.15) is 0 Å². The number of para-hydroxylation sites is 1. The highest BCUT2D eigenvalue weighted by Crippen LogP contribution is 2.35. The van der Waals surface area contributed by atoms with Crippen LogP contribution in [0.4, 0.5) is 11.6 Å². The topological polar surface area (TPSA) is 29.0 Å². The van der Waals surface area contributed by atoms with Crippen LogP contribution in [-0.4, -0.2) is 16.0 Å². The first-order chi connectivity index (χ1) is 8.25. The largest absolute Gasteiger partial charge is 0.307 e. The van der Waals surface area contributed by atoms with Gasteiger partial charge in [-0.1, -0.05) is 18.2 Å². The molecule has 0 saturated carbocycles. The van der Waals surface area contributed by atoms with Gasteiger partial charge in [0.2, 0.25) is 5.95 Å². The van der Waals surface area contributed by atoms with Gasteiger partial charge in [-0.25, -0.2) is 9.97 Å². The van der Waals surface area contributed by atoms with Crippen LogP contribution in [0.5, 0.6) is 0 Å². The molecule has 0 saturated heterocycles. The highest BCUT2D eigenvalue weighted by molar-refractivity contribution is 14.1. The fourth-order valence-electron chi connectivity index (χ4n) is 2.30. The molecule has 3 nitrogen and oxygen atoms in total. The van der Waals surface area contributed by atoms with E-state index in [0.29, 0.717) is 6.04 Å². The molecule has 86 valence electrons. The van der Waals surface area contributed by atoms with Crippen molar-refractivity contribution in [3.8, 4) is 0 Å². The van der Waals surface area contributed by atoms with Crippen molar-refractivity contribution in [1.82, 2.24) is 9.97 Å². The first-order valence-corrected chi connectivity index (χ1v) is 6.68. The first-order valence-electron chi connectivity index (χ1n) is 5.60. The predicted molar refractivity (Wildman–Crippen MR) is 76.5 cm³/mol. The van der Waals surface area contributed by atoms with Gasteiger partial charge in [0.15, 0.2) is 0 Å². The van der Waals surface area contributed by atoms with Gasteiger partial charge in [0.05, 0.1) is 0 Å². The molecule has 0 radical (unpaired) electrons. The van der Waals surface area contributed by atoms with Gasteiger partial charge < -0.3 is 4.90 Å². The van der Waals surface area contributed by atoms with Crippen LogP contribution in [-0.2, 0) is 6.42 Å². The van der Waals surface area contributed by atoms with Crippen LogP contribution in [0, 0.1) is 3.57 Å². The number of halogens is 1. The lowest BCUT2D eigenvalue weighted by molar-refractivity contribution is 0.739. The number of benzene rings is 1. The molecule has 1 atom stereocenters. The number of anilines is 2. The molecule has 3 rings (SSSR count). The number of aromatic nitrogens is 2. The van der Waals surface area contributed by atoms with Crippen molar-refractivity contribution in [2.24, 2.45) is 0 Å². The average Bonchev–Trinajstić information content (AvgIpc) is 2.66. The van der Waals surface area contributed by atoms with Gasteiger partial charge in [-0.15, -0.1) is 0 Å². The second-order valence-corrected chi connectivity index (χ2v) is 5.50. The summed E-state index contributed by atoms with van der Waals surface area (Å²) in [5.74, 6) is 0.794.